The van der Waals surface area contributed by atoms with Crippen LogP contribution in [0.4, 0.5) is 13.2 Å². The zero-order chi connectivity index (χ0) is 27.5. The van der Waals surface area contributed by atoms with Crippen molar-refractivity contribution in [2.24, 2.45) is 7.05 Å². The number of hydrogen-bond acceptors (Lipinski definition) is 3. The van der Waals surface area contributed by atoms with Crippen LogP contribution in [0.2, 0.25) is 0 Å². The molecule has 0 atom stereocenters. The number of carbonyl (C=O) groups excluding carboxylic acids is 1. The highest BCUT2D eigenvalue weighted by molar-refractivity contribution is 6.15. The molecule has 0 aliphatic heterocycles. The van der Waals surface area contributed by atoms with Crippen LogP contribution in [0.1, 0.15) is 50.2 Å². The predicted molar refractivity (Wildman–Crippen MR) is 139 cm³/mol. The molecule has 0 unspecified atom stereocenters. The van der Waals surface area contributed by atoms with Crippen molar-refractivity contribution in [2.45, 2.75) is 31.1 Å². The normalized spacial score (nSPS) is 14.6. The number of amides is 1. The minimum Gasteiger partial charge on any atom is -0.478 e. The second-order valence-electron chi connectivity index (χ2n) is 9.98. The van der Waals surface area contributed by atoms with E-state index in [1.807, 2.05) is 23.0 Å². The fourth-order valence-corrected chi connectivity index (χ4v) is 5.14. The smallest absolute Gasteiger partial charge is 0.416 e. The summed E-state index contributed by atoms with van der Waals surface area (Å²) in [7, 11) is 1.80. The predicted octanol–water partition coefficient (Wildman–Crippen LogP) is 5.71. The minimum atomic E-state index is -4.41. The Bertz CT molecular complexity index is 1750. The minimum absolute atomic E-state index is 0.171. The third-order valence-corrected chi connectivity index (χ3v) is 7.31. The molecule has 1 fully saturated rings. The van der Waals surface area contributed by atoms with E-state index in [1.165, 1.54) is 24.3 Å². The van der Waals surface area contributed by atoms with Crippen molar-refractivity contribution in [1.29, 1.82) is 0 Å². The summed E-state index contributed by atoms with van der Waals surface area (Å²) in [4.78, 5) is 25.0. The average Bonchev–Trinajstić information content (AvgIpc) is 3.39. The Kier molecular flexibility index (Phi) is 5.53. The van der Waals surface area contributed by atoms with E-state index >= 15 is 0 Å². The van der Waals surface area contributed by atoms with Crippen LogP contribution in [0.15, 0.2) is 73.1 Å². The zero-order valence-corrected chi connectivity index (χ0v) is 20.8. The lowest BCUT2D eigenvalue weighted by Crippen LogP contribution is -2.35. The lowest BCUT2D eigenvalue weighted by molar-refractivity contribution is -0.137. The Hall–Kier alpha value is -4.60. The number of hydrogen-bond donors (Lipinski definition) is 2. The van der Waals surface area contributed by atoms with Crippen LogP contribution in [-0.2, 0) is 25.3 Å². The van der Waals surface area contributed by atoms with Crippen LogP contribution in [-0.4, -0.2) is 31.3 Å². The second-order valence-corrected chi connectivity index (χ2v) is 9.98. The zero-order valence-electron chi connectivity index (χ0n) is 20.8. The van der Waals surface area contributed by atoms with E-state index in [4.69, 9.17) is 0 Å². The molecular weight excluding hydrogens is 509 g/mol. The van der Waals surface area contributed by atoms with Gasteiger partial charge in [0, 0.05) is 36.8 Å². The molecule has 0 spiro atoms. The number of benzene rings is 3. The largest absolute Gasteiger partial charge is 0.478 e. The van der Waals surface area contributed by atoms with Gasteiger partial charge in [-0.3, -0.25) is 9.48 Å². The number of nitrogens with one attached hydrogen (secondary N) is 1. The van der Waals surface area contributed by atoms with Crippen LogP contribution in [0.5, 0.6) is 0 Å². The molecule has 5 aromatic rings. The van der Waals surface area contributed by atoms with Gasteiger partial charge in [-0.1, -0.05) is 24.3 Å². The first-order chi connectivity index (χ1) is 18.5. The first-order valence-electron chi connectivity index (χ1n) is 12.3. The van der Waals surface area contributed by atoms with Gasteiger partial charge in [0.05, 0.1) is 33.3 Å². The fourth-order valence-electron chi connectivity index (χ4n) is 5.14. The highest BCUT2D eigenvalue weighted by Crippen LogP contribution is 2.46. The molecule has 2 heterocycles. The van der Waals surface area contributed by atoms with Crippen molar-refractivity contribution in [3.8, 4) is 0 Å². The Labute approximate surface area is 220 Å². The van der Waals surface area contributed by atoms with E-state index in [9.17, 15) is 27.9 Å². The number of carboxylic acids is 1. The van der Waals surface area contributed by atoms with Gasteiger partial charge in [0.25, 0.3) is 5.91 Å². The first-order valence-corrected chi connectivity index (χ1v) is 12.3. The number of aromatic nitrogens is 3. The number of fused-ring (bicyclic) bond motifs is 3. The molecule has 2 N–H and O–H groups in total. The molecule has 0 bridgehead atoms. The number of carboxylic acid groups (broad SMARTS) is 1. The Morgan fingerprint density at radius 1 is 1.03 bits per heavy atom. The number of aromatic carboxylic acids is 1. The molecule has 1 aliphatic rings. The molecule has 2 aromatic heterocycles. The maximum absolute atomic E-state index is 13.8. The van der Waals surface area contributed by atoms with Gasteiger partial charge >= 0.3 is 12.1 Å². The molecule has 0 radical (unpaired) electrons. The molecule has 1 aliphatic carbocycles. The fraction of sp³-hybridized carbons (Fsp3) is 0.207. The van der Waals surface area contributed by atoms with Crippen LogP contribution in [0, 0.1) is 0 Å². The van der Waals surface area contributed by atoms with Gasteiger partial charge in [-0.15, -0.1) is 0 Å². The highest BCUT2D eigenvalue weighted by Gasteiger charge is 2.46. The Morgan fingerprint density at radius 2 is 1.72 bits per heavy atom. The molecule has 1 saturated carbocycles. The summed E-state index contributed by atoms with van der Waals surface area (Å²) in [6.45, 7) is 0.273. The first kappa shape index (κ1) is 24.7. The molecule has 39 heavy (non-hydrogen) atoms. The number of rotatable bonds is 6. The maximum Gasteiger partial charge on any atom is 0.416 e. The van der Waals surface area contributed by atoms with E-state index < -0.39 is 23.2 Å². The third-order valence-electron chi connectivity index (χ3n) is 7.31. The molecular formula is C29H23F3N4O3. The summed E-state index contributed by atoms with van der Waals surface area (Å²) in [5, 5.41) is 18.5. The van der Waals surface area contributed by atoms with Gasteiger partial charge in [0.2, 0.25) is 0 Å². The van der Waals surface area contributed by atoms with Crippen molar-refractivity contribution in [3.05, 3.63) is 101 Å². The summed E-state index contributed by atoms with van der Waals surface area (Å²) in [6, 6.07) is 15.1. The van der Waals surface area contributed by atoms with E-state index in [-0.39, 0.29) is 18.0 Å². The molecule has 0 saturated heterocycles. The number of alkyl halides is 3. The highest BCUT2D eigenvalue weighted by atomic mass is 19.4. The topological polar surface area (TPSA) is 89.1 Å². The Morgan fingerprint density at radius 3 is 2.33 bits per heavy atom. The van der Waals surface area contributed by atoms with Gasteiger partial charge in [0.15, 0.2) is 0 Å². The van der Waals surface area contributed by atoms with Crippen LogP contribution in [0.25, 0.3) is 21.8 Å². The summed E-state index contributed by atoms with van der Waals surface area (Å²) in [6.07, 6.45) is 0.708. The number of nitrogens with zero attached hydrogens (tertiary/aromatic N) is 3. The summed E-state index contributed by atoms with van der Waals surface area (Å²) in [5.74, 6) is -1.32. The van der Waals surface area contributed by atoms with Crippen LogP contribution in [0.3, 0.4) is 0 Å². The van der Waals surface area contributed by atoms with E-state index in [2.05, 4.69) is 10.4 Å². The lowest BCUT2D eigenvalue weighted by atomic mass is 10.0. The lowest BCUT2D eigenvalue weighted by Gasteiger charge is -2.19. The maximum atomic E-state index is 13.8. The SMILES string of the molecule is Cn1cc2c(cc(C(=O)NC3(c4ccc(C(=O)O)cc4)CC3)c3c2ccn3Cc2ccc(C(F)(F)F)cc2)n1. The van der Waals surface area contributed by atoms with Crippen molar-refractivity contribution in [3.63, 3.8) is 0 Å². The van der Waals surface area contributed by atoms with Crippen molar-refractivity contribution in [2.75, 3.05) is 0 Å². The van der Waals surface area contributed by atoms with Crippen LogP contribution >= 0.6 is 0 Å². The number of carbonyl (C=O) groups is 2. The third kappa shape index (κ3) is 4.41. The molecule has 198 valence electrons. The van der Waals surface area contributed by atoms with Crippen molar-refractivity contribution in [1.82, 2.24) is 19.7 Å². The van der Waals surface area contributed by atoms with Gasteiger partial charge in [-0.2, -0.15) is 18.3 Å². The monoisotopic (exact) mass is 532 g/mol. The molecule has 1 amide bonds. The summed E-state index contributed by atoms with van der Waals surface area (Å²) in [5.41, 5.74) is 2.07. The van der Waals surface area contributed by atoms with Gasteiger partial charge in [-0.05, 0) is 60.4 Å². The van der Waals surface area contributed by atoms with Crippen LogP contribution < -0.4 is 5.32 Å². The van der Waals surface area contributed by atoms with Gasteiger partial charge in [-0.25, -0.2) is 4.79 Å². The summed E-state index contributed by atoms with van der Waals surface area (Å²) >= 11 is 0. The quantitative estimate of drug-likeness (QED) is 0.293. The van der Waals surface area contributed by atoms with E-state index in [0.717, 1.165) is 28.5 Å². The number of halogens is 3. The van der Waals surface area contributed by atoms with Crippen molar-refractivity contribution >= 4 is 33.7 Å². The van der Waals surface area contributed by atoms with Gasteiger partial charge in [0.1, 0.15) is 0 Å². The average molecular weight is 533 g/mol. The van der Waals surface area contributed by atoms with E-state index in [0.29, 0.717) is 35.0 Å². The second kappa shape index (κ2) is 8.72. The van der Waals surface area contributed by atoms with Gasteiger partial charge < -0.3 is 15.0 Å². The Balaban J connectivity index is 1.38. The standard InChI is InChI=1S/C29H23F3N4O3/c1-35-16-23-21-10-13-36(15-17-2-6-20(7-3-17)29(30,31)32)25(21)22(14-24(23)34-35)26(37)33-28(11-12-28)19-8-4-18(5-9-19)27(38)39/h2-10,13-14,16H,11-12,15H2,1H3,(H,33,37)(H,38,39). The van der Waals surface area contributed by atoms with E-state index in [1.54, 1.807) is 29.9 Å². The summed E-state index contributed by atoms with van der Waals surface area (Å²) < 4.78 is 42.6. The molecule has 10 heteroatoms. The van der Waals surface area contributed by atoms with Crippen molar-refractivity contribution < 1.29 is 27.9 Å². The molecule has 3 aromatic carbocycles. The molecule has 7 nitrogen and oxygen atoms in total. The molecule has 6 rings (SSSR count). The number of aryl methyl sites for hydroxylation is 1.